The number of ether oxygens (including phenoxy) is 2. The van der Waals surface area contributed by atoms with Crippen LogP contribution in [-0.4, -0.2) is 70.1 Å². The van der Waals surface area contributed by atoms with E-state index in [1.807, 2.05) is 33.8 Å². The number of rotatable bonds is 10. The number of nitrogens with zero attached hydrogens (tertiary/aromatic N) is 3. The first-order chi connectivity index (χ1) is 19.4. The van der Waals surface area contributed by atoms with Crippen molar-refractivity contribution < 1.29 is 33.0 Å². The van der Waals surface area contributed by atoms with Crippen molar-refractivity contribution in [3.8, 4) is 5.75 Å². The highest BCUT2D eigenvalue weighted by molar-refractivity contribution is 6.30. The van der Waals surface area contributed by atoms with Crippen molar-refractivity contribution in [2.45, 2.75) is 83.7 Å². The van der Waals surface area contributed by atoms with E-state index in [-0.39, 0.29) is 40.5 Å². The van der Waals surface area contributed by atoms with E-state index in [0.717, 1.165) is 5.69 Å². The third-order valence-corrected chi connectivity index (χ3v) is 8.49. The van der Waals surface area contributed by atoms with Crippen LogP contribution in [0, 0.1) is 11.8 Å². The van der Waals surface area contributed by atoms with Gasteiger partial charge in [0.05, 0.1) is 23.8 Å². The molecule has 4 rings (SSSR count). The molecule has 0 saturated carbocycles. The van der Waals surface area contributed by atoms with Gasteiger partial charge < -0.3 is 24.8 Å². The number of hydrogen-bond donors (Lipinski definition) is 2. The third kappa shape index (κ3) is 7.18. The number of aliphatic carboxylic acids is 1. The molecule has 2 saturated heterocycles. The summed E-state index contributed by atoms with van der Waals surface area (Å²) in [6.07, 6.45) is 3.75. The molecule has 3 heterocycles. The topological polar surface area (TPSA) is 106 Å². The first kappa shape index (κ1) is 31.2. The molecule has 9 nitrogen and oxygen atoms in total. The van der Waals surface area contributed by atoms with Crippen LogP contribution in [0.15, 0.2) is 30.5 Å². The second kappa shape index (κ2) is 13.0. The molecule has 2 aromatic rings. The fourth-order valence-corrected chi connectivity index (χ4v) is 6.43. The Morgan fingerprint density at radius 2 is 1.85 bits per heavy atom. The predicted molar refractivity (Wildman–Crippen MR) is 151 cm³/mol. The molecule has 2 fully saturated rings. The lowest BCUT2D eigenvalue weighted by molar-refractivity contribution is -0.149. The number of carbonyl (C=O) groups excluding carboxylic acids is 1. The fourth-order valence-electron chi connectivity index (χ4n) is 6.27. The molecule has 226 valence electrons. The Hall–Kier alpha value is -2.76. The number of carboxylic acid groups (broad SMARTS) is 1. The minimum absolute atomic E-state index is 0.00180. The molecule has 0 aliphatic carbocycles. The zero-order valence-electron chi connectivity index (χ0n) is 23.9. The molecule has 2 aliphatic rings. The van der Waals surface area contributed by atoms with Gasteiger partial charge in [-0.2, -0.15) is 13.9 Å². The number of piperidine rings is 1. The fraction of sp³-hybridized carbons (Fsp3) is 0.621. The summed E-state index contributed by atoms with van der Waals surface area (Å²) in [5.74, 6) is -1.95. The number of likely N-dealkylation sites (tertiary alicyclic amines) is 1. The molecule has 0 bridgehead atoms. The summed E-state index contributed by atoms with van der Waals surface area (Å²) in [5, 5.41) is 17.7. The Balaban J connectivity index is 1.58. The zero-order valence-corrected chi connectivity index (χ0v) is 24.6. The summed E-state index contributed by atoms with van der Waals surface area (Å²) in [6.45, 7) is 6.17. The second-order valence-corrected chi connectivity index (χ2v) is 12.0. The summed E-state index contributed by atoms with van der Waals surface area (Å²) in [5.41, 5.74) is -0.183. The van der Waals surface area contributed by atoms with E-state index in [1.54, 1.807) is 10.9 Å². The largest absolute Gasteiger partial charge is 0.481 e. The van der Waals surface area contributed by atoms with Crippen LogP contribution < -0.4 is 10.1 Å². The lowest BCUT2D eigenvalue weighted by Gasteiger charge is -2.43. The van der Waals surface area contributed by atoms with E-state index < -0.39 is 29.9 Å². The summed E-state index contributed by atoms with van der Waals surface area (Å²) < 4.78 is 38.4. The monoisotopic (exact) mass is 596 g/mol. The van der Waals surface area contributed by atoms with E-state index in [9.17, 15) is 23.5 Å². The van der Waals surface area contributed by atoms with Gasteiger partial charge in [0.1, 0.15) is 5.54 Å². The Morgan fingerprint density at radius 3 is 2.44 bits per heavy atom. The Bertz CT molecular complexity index is 1210. The first-order valence-electron chi connectivity index (χ1n) is 14.1. The summed E-state index contributed by atoms with van der Waals surface area (Å²) in [6, 6.07) is 6.02. The number of hydrogen-bond acceptors (Lipinski definition) is 6. The van der Waals surface area contributed by atoms with E-state index >= 15 is 0 Å². The zero-order chi connectivity index (χ0) is 29.9. The Morgan fingerprint density at radius 1 is 1.20 bits per heavy atom. The van der Waals surface area contributed by atoms with Crippen LogP contribution in [0.1, 0.15) is 65.0 Å². The average Bonchev–Trinajstić information content (AvgIpc) is 3.39. The van der Waals surface area contributed by atoms with Gasteiger partial charge in [0, 0.05) is 42.6 Å². The quantitative estimate of drug-likeness (QED) is 0.368. The van der Waals surface area contributed by atoms with Crippen LogP contribution in [0.2, 0.25) is 5.02 Å². The molecule has 41 heavy (non-hydrogen) atoms. The maximum atomic E-state index is 14.1. The molecule has 3 atom stereocenters. The van der Waals surface area contributed by atoms with Crippen LogP contribution >= 0.6 is 11.6 Å². The minimum atomic E-state index is -3.09. The Labute approximate surface area is 244 Å². The highest BCUT2D eigenvalue weighted by Gasteiger charge is 2.46. The lowest BCUT2D eigenvalue weighted by atomic mass is 9.80. The van der Waals surface area contributed by atoms with Crippen LogP contribution in [0.3, 0.4) is 0 Å². The van der Waals surface area contributed by atoms with Crippen molar-refractivity contribution in [3.05, 3.63) is 41.2 Å². The van der Waals surface area contributed by atoms with E-state index in [1.165, 1.54) is 18.2 Å². The van der Waals surface area contributed by atoms with Gasteiger partial charge in [-0.25, -0.2) is 0 Å². The van der Waals surface area contributed by atoms with Gasteiger partial charge >= 0.3 is 12.6 Å². The normalized spacial score (nSPS) is 23.9. The maximum Gasteiger partial charge on any atom is 0.387 e. The van der Waals surface area contributed by atoms with E-state index in [4.69, 9.17) is 16.3 Å². The lowest BCUT2D eigenvalue weighted by Crippen LogP contribution is -2.55. The second-order valence-electron chi connectivity index (χ2n) is 11.6. The summed E-state index contributed by atoms with van der Waals surface area (Å²) in [4.78, 5) is 28.5. The molecule has 0 spiro atoms. The number of anilines is 1. The van der Waals surface area contributed by atoms with Crippen LogP contribution in [0.5, 0.6) is 5.75 Å². The van der Waals surface area contributed by atoms with Gasteiger partial charge in [0.2, 0.25) is 0 Å². The van der Waals surface area contributed by atoms with Crippen LogP contribution in [0.4, 0.5) is 14.5 Å². The number of carboxylic acids is 1. The molecule has 1 aromatic carbocycles. The Kier molecular flexibility index (Phi) is 9.92. The van der Waals surface area contributed by atoms with Gasteiger partial charge in [-0.15, -0.1) is 0 Å². The molecule has 1 amide bonds. The number of alkyl halides is 2. The van der Waals surface area contributed by atoms with Gasteiger partial charge in [-0.05, 0) is 69.6 Å². The van der Waals surface area contributed by atoms with Crippen molar-refractivity contribution in [1.82, 2.24) is 14.7 Å². The average molecular weight is 597 g/mol. The number of carbonyl (C=O) groups is 2. The maximum absolute atomic E-state index is 14.1. The molecular formula is C29H39ClF2N4O5. The smallest absolute Gasteiger partial charge is 0.387 e. The third-order valence-electron chi connectivity index (χ3n) is 8.26. The number of amides is 1. The predicted octanol–water partition coefficient (Wildman–Crippen LogP) is 5.60. The number of nitrogens with one attached hydrogen (secondary N) is 1. The van der Waals surface area contributed by atoms with E-state index in [0.29, 0.717) is 45.3 Å². The van der Waals surface area contributed by atoms with Crippen LogP contribution in [-0.2, 0) is 19.9 Å². The van der Waals surface area contributed by atoms with Gasteiger partial charge in [-0.3, -0.25) is 14.3 Å². The number of benzene rings is 1. The van der Waals surface area contributed by atoms with Crippen molar-refractivity contribution in [1.29, 1.82) is 0 Å². The highest BCUT2D eigenvalue weighted by Crippen LogP contribution is 2.38. The molecular weight excluding hydrogens is 558 g/mol. The van der Waals surface area contributed by atoms with Crippen molar-refractivity contribution >= 4 is 29.2 Å². The molecule has 12 heteroatoms. The molecule has 0 radical (unpaired) electrons. The minimum Gasteiger partial charge on any atom is -0.481 e. The van der Waals surface area contributed by atoms with Crippen molar-refractivity contribution in [2.75, 3.05) is 25.0 Å². The van der Waals surface area contributed by atoms with Gasteiger partial charge in [0.15, 0.2) is 5.75 Å². The molecule has 2 N–H and O–H groups in total. The van der Waals surface area contributed by atoms with E-state index in [2.05, 4.69) is 20.1 Å². The molecule has 1 aromatic heterocycles. The summed E-state index contributed by atoms with van der Waals surface area (Å²) >= 11 is 6.00. The van der Waals surface area contributed by atoms with Crippen molar-refractivity contribution in [2.24, 2.45) is 11.8 Å². The van der Waals surface area contributed by atoms with Gasteiger partial charge in [0.25, 0.3) is 5.91 Å². The van der Waals surface area contributed by atoms with Gasteiger partial charge in [-0.1, -0.05) is 25.4 Å². The highest BCUT2D eigenvalue weighted by atomic mass is 35.5. The number of halogens is 3. The van der Waals surface area contributed by atoms with Crippen molar-refractivity contribution in [3.63, 3.8) is 0 Å². The SMILES string of the molecule is CC1CC(C(CN2CCC(C(=O)Nc3ccc(Cl)cc3OC(F)F)(n3nccc3C(C)C)CC2)C(=O)O)CC(C)O1. The first-order valence-corrected chi connectivity index (χ1v) is 14.5. The number of aromatic nitrogens is 2. The molecule has 2 aliphatic heterocycles. The summed E-state index contributed by atoms with van der Waals surface area (Å²) in [7, 11) is 0. The van der Waals surface area contributed by atoms with Crippen LogP contribution in [0.25, 0.3) is 0 Å². The molecule has 3 unspecified atom stereocenters. The standard InChI is InChI=1S/C29H39ClF2N4O5/c1-17(2)24-7-10-33-36(24)29(27(39)34-23-6-5-21(30)15-25(23)41-28(31)32)8-11-35(12-9-29)16-22(26(37)38)20-13-18(3)40-19(4)14-20/h5-7,10,15,17-20,22,28H,8-9,11-14,16H2,1-4H3,(H,34,39)(H,37,38).